The average Bonchev–Trinajstić information content (AvgIpc) is 2.88. The first-order valence-corrected chi connectivity index (χ1v) is 7.90. The van der Waals surface area contributed by atoms with Gasteiger partial charge in [-0.05, 0) is 49.6 Å². The number of para-hydroxylation sites is 1. The Labute approximate surface area is 128 Å². The van der Waals surface area contributed by atoms with E-state index in [0.29, 0.717) is 5.19 Å². The van der Waals surface area contributed by atoms with Crippen LogP contribution in [0.5, 0.6) is 10.9 Å². The van der Waals surface area contributed by atoms with Gasteiger partial charge in [0.2, 0.25) is 0 Å². The summed E-state index contributed by atoms with van der Waals surface area (Å²) in [6, 6.07) is 16.4. The number of aromatic nitrogens is 1. The molecule has 3 rings (SSSR count). The van der Waals surface area contributed by atoms with E-state index in [1.165, 1.54) is 5.56 Å². The predicted octanol–water partition coefficient (Wildman–Crippen LogP) is 4.37. The summed E-state index contributed by atoms with van der Waals surface area (Å²) in [5.41, 5.74) is 8.04. The van der Waals surface area contributed by atoms with Crippen molar-refractivity contribution in [2.75, 3.05) is 0 Å². The van der Waals surface area contributed by atoms with E-state index >= 15 is 0 Å². The molecule has 108 valence electrons. The number of hydrogen-bond acceptors (Lipinski definition) is 4. The summed E-state index contributed by atoms with van der Waals surface area (Å²) in [4.78, 5) is 4.47. The molecular formula is C17H18N2OS. The highest BCUT2D eigenvalue weighted by molar-refractivity contribution is 7.20. The van der Waals surface area contributed by atoms with Crippen LogP contribution in [0.4, 0.5) is 0 Å². The van der Waals surface area contributed by atoms with E-state index in [0.717, 1.165) is 28.8 Å². The Hall–Kier alpha value is -1.91. The van der Waals surface area contributed by atoms with E-state index < -0.39 is 0 Å². The van der Waals surface area contributed by atoms with Crippen LogP contribution < -0.4 is 10.5 Å². The molecule has 1 aromatic heterocycles. The molecule has 0 aliphatic carbocycles. The fraction of sp³-hybridized carbons (Fsp3) is 0.235. The number of nitrogens with two attached hydrogens (primary N) is 1. The lowest BCUT2D eigenvalue weighted by molar-refractivity contribution is 0.480. The minimum atomic E-state index is 0.240. The number of nitrogens with zero attached hydrogens (tertiary/aromatic N) is 1. The van der Waals surface area contributed by atoms with Gasteiger partial charge in [0.15, 0.2) is 0 Å². The quantitative estimate of drug-likeness (QED) is 0.761. The van der Waals surface area contributed by atoms with E-state index in [1.807, 2.05) is 37.3 Å². The van der Waals surface area contributed by atoms with Crippen molar-refractivity contribution in [1.82, 2.24) is 4.98 Å². The summed E-state index contributed by atoms with van der Waals surface area (Å²) in [6.07, 6.45) is 2.00. The largest absolute Gasteiger partial charge is 0.431 e. The second kappa shape index (κ2) is 6.24. The zero-order valence-electron chi connectivity index (χ0n) is 12.0. The molecule has 0 fully saturated rings. The van der Waals surface area contributed by atoms with Crippen molar-refractivity contribution in [3.8, 4) is 10.9 Å². The van der Waals surface area contributed by atoms with Crippen LogP contribution in [-0.2, 0) is 6.42 Å². The molecule has 1 heterocycles. The summed E-state index contributed by atoms with van der Waals surface area (Å²) >= 11 is 1.56. The minimum absolute atomic E-state index is 0.240. The molecule has 1 unspecified atom stereocenters. The zero-order valence-corrected chi connectivity index (χ0v) is 12.8. The minimum Gasteiger partial charge on any atom is -0.431 e. The van der Waals surface area contributed by atoms with Gasteiger partial charge < -0.3 is 10.5 Å². The maximum absolute atomic E-state index is 5.83. The van der Waals surface area contributed by atoms with Crippen molar-refractivity contribution in [3.63, 3.8) is 0 Å². The number of benzene rings is 2. The normalized spacial score (nSPS) is 12.5. The van der Waals surface area contributed by atoms with E-state index in [-0.39, 0.29) is 6.04 Å². The highest BCUT2D eigenvalue weighted by Gasteiger charge is 2.05. The molecule has 0 bridgehead atoms. The van der Waals surface area contributed by atoms with Crippen LogP contribution in [0, 0.1) is 0 Å². The number of fused-ring (bicyclic) bond motifs is 1. The maximum Gasteiger partial charge on any atom is 0.279 e. The number of aryl methyl sites for hydroxylation is 1. The third-order valence-electron chi connectivity index (χ3n) is 3.29. The summed E-state index contributed by atoms with van der Waals surface area (Å²) in [7, 11) is 0. The van der Waals surface area contributed by atoms with Gasteiger partial charge in [0.25, 0.3) is 5.19 Å². The van der Waals surface area contributed by atoms with Gasteiger partial charge in [-0.3, -0.25) is 0 Å². The van der Waals surface area contributed by atoms with E-state index in [2.05, 4.69) is 23.2 Å². The molecule has 0 aliphatic heterocycles. The van der Waals surface area contributed by atoms with Crippen molar-refractivity contribution in [2.45, 2.75) is 25.8 Å². The van der Waals surface area contributed by atoms with Gasteiger partial charge in [0, 0.05) is 6.04 Å². The zero-order chi connectivity index (χ0) is 14.7. The Morgan fingerprint density at radius 2 is 1.90 bits per heavy atom. The van der Waals surface area contributed by atoms with Gasteiger partial charge in [-0.2, -0.15) is 0 Å². The Morgan fingerprint density at radius 1 is 1.14 bits per heavy atom. The van der Waals surface area contributed by atoms with Crippen LogP contribution in [0.2, 0.25) is 0 Å². The topological polar surface area (TPSA) is 48.1 Å². The van der Waals surface area contributed by atoms with Gasteiger partial charge in [-0.25, -0.2) is 4.98 Å². The molecule has 2 N–H and O–H groups in total. The Kier molecular flexibility index (Phi) is 4.18. The Bertz CT molecular complexity index is 686. The fourth-order valence-corrected chi connectivity index (χ4v) is 2.95. The van der Waals surface area contributed by atoms with Crippen molar-refractivity contribution in [1.29, 1.82) is 0 Å². The first-order chi connectivity index (χ1) is 10.2. The Balaban J connectivity index is 1.69. The van der Waals surface area contributed by atoms with Gasteiger partial charge in [-0.1, -0.05) is 35.6 Å². The molecule has 0 radical (unpaired) electrons. The molecule has 0 saturated carbocycles. The lowest BCUT2D eigenvalue weighted by Crippen LogP contribution is -2.15. The molecule has 2 aromatic carbocycles. The molecule has 0 saturated heterocycles. The average molecular weight is 298 g/mol. The van der Waals surface area contributed by atoms with Crippen LogP contribution in [0.1, 0.15) is 18.9 Å². The molecular weight excluding hydrogens is 280 g/mol. The fourth-order valence-electron chi connectivity index (χ4n) is 2.11. The number of hydrogen-bond donors (Lipinski definition) is 1. The van der Waals surface area contributed by atoms with Crippen LogP contribution in [0.15, 0.2) is 48.5 Å². The molecule has 0 aliphatic rings. The number of ether oxygens (including phenoxy) is 1. The van der Waals surface area contributed by atoms with Gasteiger partial charge in [-0.15, -0.1) is 0 Å². The van der Waals surface area contributed by atoms with Crippen molar-refractivity contribution in [2.24, 2.45) is 5.73 Å². The molecule has 3 nitrogen and oxygen atoms in total. The predicted molar refractivity (Wildman–Crippen MR) is 88.1 cm³/mol. The summed E-state index contributed by atoms with van der Waals surface area (Å²) in [5, 5.41) is 0.680. The monoisotopic (exact) mass is 298 g/mol. The first kappa shape index (κ1) is 14.0. The molecule has 0 spiro atoms. The first-order valence-electron chi connectivity index (χ1n) is 7.08. The molecule has 4 heteroatoms. The van der Waals surface area contributed by atoms with Crippen LogP contribution in [0.3, 0.4) is 0 Å². The van der Waals surface area contributed by atoms with Gasteiger partial charge >= 0.3 is 0 Å². The maximum atomic E-state index is 5.83. The van der Waals surface area contributed by atoms with Crippen LogP contribution in [0.25, 0.3) is 10.2 Å². The standard InChI is InChI=1S/C17H18N2OS/c1-12(18)6-7-13-8-10-14(11-9-13)20-17-19-15-4-2-3-5-16(15)21-17/h2-5,8-12H,6-7,18H2,1H3. The second-order valence-electron chi connectivity index (χ2n) is 5.21. The third kappa shape index (κ3) is 3.60. The van der Waals surface area contributed by atoms with E-state index in [4.69, 9.17) is 10.5 Å². The van der Waals surface area contributed by atoms with Crippen molar-refractivity contribution >= 4 is 21.6 Å². The van der Waals surface area contributed by atoms with Crippen LogP contribution >= 0.6 is 11.3 Å². The summed E-state index contributed by atoms with van der Waals surface area (Å²) in [5.74, 6) is 0.818. The molecule has 3 aromatic rings. The molecule has 21 heavy (non-hydrogen) atoms. The number of rotatable bonds is 5. The van der Waals surface area contributed by atoms with Crippen molar-refractivity contribution < 1.29 is 4.74 Å². The third-order valence-corrected chi connectivity index (χ3v) is 4.21. The lowest BCUT2D eigenvalue weighted by Gasteiger charge is -2.06. The SMILES string of the molecule is CC(N)CCc1ccc(Oc2nc3ccccc3s2)cc1. The van der Waals surface area contributed by atoms with Gasteiger partial charge in [0.1, 0.15) is 5.75 Å². The number of thiazole rings is 1. The summed E-state index contributed by atoms with van der Waals surface area (Å²) < 4.78 is 6.97. The second-order valence-corrected chi connectivity index (χ2v) is 6.20. The van der Waals surface area contributed by atoms with Gasteiger partial charge in [0.05, 0.1) is 10.2 Å². The van der Waals surface area contributed by atoms with E-state index in [1.54, 1.807) is 11.3 Å². The highest BCUT2D eigenvalue weighted by atomic mass is 32.1. The summed E-state index contributed by atoms with van der Waals surface area (Å²) in [6.45, 7) is 2.03. The molecule has 1 atom stereocenters. The van der Waals surface area contributed by atoms with E-state index in [9.17, 15) is 0 Å². The highest BCUT2D eigenvalue weighted by Crippen LogP contribution is 2.31. The lowest BCUT2D eigenvalue weighted by atomic mass is 10.1. The molecule has 0 amide bonds. The van der Waals surface area contributed by atoms with Crippen molar-refractivity contribution in [3.05, 3.63) is 54.1 Å². The Morgan fingerprint density at radius 3 is 2.62 bits per heavy atom. The van der Waals surface area contributed by atoms with Crippen LogP contribution in [-0.4, -0.2) is 11.0 Å². The smallest absolute Gasteiger partial charge is 0.279 e.